The number of nitrogens with zero attached hydrogens (tertiary/aromatic N) is 3. The Morgan fingerprint density at radius 1 is 1.24 bits per heavy atom. The number of benzene rings is 2. The summed E-state index contributed by atoms with van der Waals surface area (Å²) >= 11 is 2.76. The van der Waals surface area contributed by atoms with E-state index in [1.54, 1.807) is 13.0 Å². The third-order valence-corrected chi connectivity index (χ3v) is 8.12. The molecule has 0 radical (unpaired) electrons. The smallest absolute Gasteiger partial charge is 0.348 e. The highest BCUT2D eigenvalue weighted by atomic mass is 32.2. The number of aromatic nitrogens is 4. The Bertz CT molecular complexity index is 1530. The lowest BCUT2D eigenvalue weighted by Gasteiger charge is -2.09. The van der Waals surface area contributed by atoms with E-state index in [1.165, 1.54) is 29.2 Å². The first-order valence-corrected chi connectivity index (χ1v) is 13.0. The molecule has 1 N–H and O–H groups in total. The molecular formula is C25H21FN4O2S2. The van der Waals surface area contributed by atoms with E-state index in [-0.39, 0.29) is 12.4 Å². The molecule has 0 atom stereocenters. The maximum absolute atomic E-state index is 14.8. The lowest BCUT2D eigenvalue weighted by Crippen LogP contribution is -2.05. The van der Waals surface area contributed by atoms with Gasteiger partial charge in [0.05, 0.1) is 6.61 Å². The zero-order valence-electron chi connectivity index (χ0n) is 18.4. The molecule has 34 heavy (non-hydrogen) atoms. The van der Waals surface area contributed by atoms with Crippen LogP contribution in [0, 0.1) is 5.82 Å². The Morgan fingerprint density at radius 3 is 2.91 bits per heavy atom. The number of hydrogen-bond acceptors (Lipinski definition) is 6. The predicted octanol–water partition coefficient (Wildman–Crippen LogP) is 6.58. The van der Waals surface area contributed by atoms with E-state index in [1.807, 2.05) is 30.5 Å². The van der Waals surface area contributed by atoms with Gasteiger partial charge in [-0.05, 0) is 43.5 Å². The van der Waals surface area contributed by atoms with Gasteiger partial charge in [-0.25, -0.2) is 9.18 Å². The second-order valence-electron chi connectivity index (χ2n) is 8.19. The number of thioether (sulfide) groups is 1. The number of ether oxygens (including phenoxy) is 1. The average molecular weight is 493 g/mol. The van der Waals surface area contributed by atoms with Crippen LogP contribution in [0.15, 0.2) is 53.8 Å². The summed E-state index contributed by atoms with van der Waals surface area (Å²) < 4.78 is 23.0. The highest BCUT2D eigenvalue weighted by Gasteiger charge is 2.31. The number of carbonyl (C=O) groups is 1. The predicted molar refractivity (Wildman–Crippen MR) is 133 cm³/mol. The summed E-state index contributed by atoms with van der Waals surface area (Å²) in [5.41, 5.74) is 2.72. The summed E-state index contributed by atoms with van der Waals surface area (Å²) in [6, 6.07) is 13.4. The number of nitrogens with one attached hydrogen (secondary N) is 1. The fourth-order valence-electron chi connectivity index (χ4n) is 4.28. The van der Waals surface area contributed by atoms with Crippen molar-refractivity contribution in [3.63, 3.8) is 0 Å². The van der Waals surface area contributed by atoms with E-state index >= 15 is 0 Å². The van der Waals surface area contributed by atoms with Crippen molar-refractivity contribution in [3.05, 3.63) is 64.9 Å². The molecule has 172 valence electrons. The highest BCUT2D eigenvalue weighted by molar-refractivity contribution is 7.98. The van der Waals surface area contributed by atoms with Crippen LogP contribution in [0.5, 0.6) is 0 Å². The van der Waals surface area contributed by atoms with Gasteiger partial charge in [0.15, 0.2) is 11.0 Å². The minimum atomic E-state index is -0.415. The Hall–Kier alpha value is -3.17. The van der Waals surface area contributed by atoms with E-state index < -0.39 is 5.97 Å². The Labute approximate surface area is 203 Å². The topological polar surface area (TPSA) is 72.8 Å². The number of fused-ring (bicyclic) bond motifs is 2. The molecule has 0 spiro atoms. The number of carbonyl (C=O) groups excluding carboxylic acids is 1. The van der Waals surface area contributed by atoms with Crippen LogP contribution in [-0.2, 0) is 10.5 Å². The van der Waals surface area contributed by atoms with Crippen LogP contribution >= 0.6 is 23.1 Å². The van der Waals surface area contributed by atoms with Crippen LogP contribution in [0.4, 0.5) is 4.39 Å². The van der Waals surface area contributed by atoms with Crippen molar-refractivity contribution in [1.82, 2.24) is 19.7 Å². The van der Waals surface area contributed by atoms with Gasteiger partial charge in [0.1, 0.15) is 10.7 Å². The van der Waals surface area contributed by atoms with Crippen molar-refractivity contribution in [2.45, 2.75) is 36.7 Å². The van der Waals surface area contributed by atoms with Crippen LogP contribution in [0.3, 0.4) is 0 Å². The summed E-state index contributed by atoms with van der Waals surface area (Å²) in [4.78, 5) is 16.4. The molecule has 0 amide bonds. The summed E-state index contributed by atoms with van der Waals surface area (Å²) in [5, 5.41) is 11.4. The van der Waals surface area contributed by atoms with Gasteiger partial charge in [0, 0.05) is 44.5 Å². The second-order valence-corrected chi connectivity index (χ2v) is 10.2. The lowest BCUT2D eigenvalue weighted by atomic mass is 10.1. The number of para-hydroxylation sites is 1. The molecule has 1 saturated carbocycles. The molecule has 5 aromatic rings. The van der Waals surface area contributed by atoms with Crippen molar-refractivity contribution < 1.29 is 13.9 Å². The van der Waals surface area contributed by atoms with Gasteiger partial charge in [-0.15, -0.1) is 21.5 Å². The number of rotatable bonds is 7. The monoisotopic (exact) mass is 492 g/mol. The molecule has 1 aliphatic rings. The molecule has 1 aliphatic carbocycles. The summed E-state index contributed by atoms with van der Waals surface area (Å²) in [5.74, 6) is 0.479. The van der Waals surface area contributed by atoms with Gasteiger partial charge in [-0.1, -0.05) is 36.0 Å². The van der Waals surface area contributed by atoms with E-state index in [2.05, 4.69) is 25.8 Å². The normalized spacial score (nSPS) is 13.7. The fourth-order valence-corrected chi connectivity index (χ4v) is 6.54. The largest absolute Gasteiger partial charge is 0.462 e. The van der Waals surface area contributed by atoms with Gasteiger partial charge >= 0.3 is 5.97 Å². The first kappa shape index (κ1) is 21.4. The molecule has 0 saturated heterocycles. The van der Waals surface area contributed by atoms with Gasteiger partial charge in [-0.2, -0.15) is 0 Å². The van der Waals surface area contributed by atoms with Crippen molar-refractivity contribution in [1.29, 1.82) is 0 Å². The quantitative estimate of drug-likeness (QED) is 0.205. The molecule has 0 aliphatic heterocycles. The molecule has 1 fully saturated rings. The molecule has 0 unspecified atom stereocenters. The number of H-pyrrole nitrogens is 1. The minimum Gasteiger partial charge on any atom is -0.462 e. The molecule has 6 nitrogen and oxygen atoms in total. The molecular weight excluding hydrogens is 471 g/mol. The highest BCUT2D eigenvalue weighted by Crippen LogP contribution is 2.44. The van der Waals surface area contributed by atoms with Crippen LogP contribution in [0.2, 0.25) is 0 Å². The van der Waals surface area contributed by atoms with E-state index in [4.69, 9.17) is 4.74 Å². The van der Waals surface area contributed by atoms with Crippen LogP contribution in [0.1, 0.15) is 41.0 Å². The Balaban J connectivity index is 1.39. The van der Waals surface area contributed by atoms with Crippen molar-refractivity contribution >= 4 is 50.1 Å². The third-order valence-electron chi connectivity index (χ3n) is 5.98. The number of hydrogen-bond donors (Lipinski definition) is 1. The van der Waals surface area contributed by atoms with E-state index in [0.29, 0.717) is 27.6 Å². The first-order chi connectivity index (χ1) is 16.7. The number of thiophene rings is 1. The van der Waals surface area contributed by atoms with Gasteiger partial charge < -0.3 is 9.72 Å². The van der Waals surface area contributed by atoms with Crippen molar-refractivity contribution in [2.75, 3.05) is 6.61 Å². The van der Waals surface area contributed by atoms with Crippen molar-refractivity contribution in [3.8, 4) is 11.4 Å². The number of aromatic amines is 1. The molecule has 2 aromatic carbocycles. The average Bonchev–Trinajstić information content (AvgIpc) is 3.27. The summed E-state index contributed by atoms with van der Waals surface area (Å²) in [6.45, 7) is 2.04. The van der Waals surface area contributed by atoms with Gasteiger partial charge in [-0.3, -0.25) is 4.57 Å². The van der Waals surface area contributed by atoms with Crippen LogP contribution < -0.4 is 0 Å². The van der Waals surface area contributed by atoms with Gasteiger partial charge in [0.2, 0.25) is 0 Å². The fraction of sp³-hybridized carbons (Fsp3) is 0.240. The molecule has 6 rings (SSSR count). The van der Waals surface area contributed by atoms with Gasteiger partial charge in [0.25, 0.3) is 0 Å². The summed E-state index contributed by atoms with van der Waals surface area (Å²) in [6.07, 6.45) is 4.12. The zero-order chi connectivity index (χ0) is 23.2. The SMILES string of the molecule is CCOC(=O)c1sc2cccc(F)c2c1CSc1nnc(-c2c[nH]c3ccccc23)n1C1CC1. The van der Waals surface area contributed by atoms with Crippen LogP contribution in [0.25, 0.3) is 32.4 Å². The lowest BCUT2D eigenvalue weighted by molar-refractivity contribution is 0.0531. The number of esters is 1. The molecule has 3 aromatic heterocycles. The molecule has 9 heteroatoms. The number of halogens is 1. The zero-order valence-corrected chi connectivity index (χ0v) is 20.0. The minimum absolute atomic E-state index is 0.270. The third kappa shape index (κ3) is 3.59. The maximum Gasteiger partial charge on any atom is 0.348 e. The maximum atomic E-state index is 14.8. The Morgan fingerprint density at radius 2 is 2.09 bits per heavy atom. The van der Waals surface area contributed by atoms with E-state index in [0.717, 1.165) is 45.0 Å². The summed E-state index contributed by atoms with van der Waals surface area (Å²) in [7, 11) is 0. The Kier molecular flexibility index (Phi) is 5.38. The standard InChI is InChI=1S/C25H21FN4O2S2/c1-2-32-24(31)22-17(21-18(26)7-5-9-20(21)34-22)13-33-25-29-28-23(30(25)14-10-11-14)16-12-27-19-8-4-3-6-15(16)19/h3-9,12,14,27H,2,10-11,13H2,1H3. The second kappa shape index (κ2) is 8.56. The molecule has 0 bridgehead atoms. The molecule has 3 heterocycles. The first-order valence-electron chi connectivity index (χ1n) is 11.2. The van der Waals surface area contributed by atoms with Crippen molar-refractivity contribution in [2.24, 2.45) is 0 Å². The van der Waals surface area contributed by atoms with E-state index in [9.17, 15) is 9.18 Å². The van der Waals surface area contributed by atoms with Crippen LogP contribution in [-0.4, -0.2) is 32.3 Å².